The Bertz CT molecular complexity index is 653. The Balaban J connectivity index is 2.53. The van der Waals surface area contributed by atoms with Crippen LogP contribution >= 0.6 is 0 Å². The first-order chi connectivity index (χ1) is 9.21. The summed E-state index contributed by atoms with van der Waals surface area (Å²) in [4.78, 5) is 3.63. The van der Waals surface area contributed by atoms with Crippen LogP contribution in [-0.4, -0.2) is 4.98 Å². The van der Waals surface area contributed by atoms with Crippen LogP contribution in [0.1, 0.15) is 9.68 Å². The molecule has 2 aromatic rings. The van der Waals surface area contributed by atoms with Crippen LogP contribution in [0, 0.1) is 30.1 Å². The van der Waals surface area contributed by atoms with Crippen molar-refractivity contribution in [2.24, 2.45) is 0 Å². The molecule has 0 fully saturated rings. The number of aromatic nitrogens is 1. The third-order valence-corrected chi connectivity index (χ3v) is 2.14. The fourth-order valence-corrected chi connectivity index (χ4v) is 1.31. The average Bonchev–Trinajstić information content (AvgIpc) is 2.40. The molecule has 0 spiro atoms. The van der Waals surface area contributed by atoms with E-state index in [1.165, 1.54) is 0 Å². The zero-order valence-corrected chi connectivity index (χ0v) is 8.27. The summed E-state index contributed by atoms with van der Waals surface area (Å²) in [5.74, 6) is -6.99. The lowest BCUT2D eigenvalue weighted by Gasteiger charge is -2.05. The summed E-state index contributed by atoms with van der Waals surface area (Å²) >= 11 is 0. The Kier molecular flexibility index (Phi) is 2.01. The summed E-state index contributed by atoms with van der Waals surface area (Å²) in [6.07, 6.45) is 0.945. The summed E-state index contributed by atoms with van der Waals surface area (Å²) in [5.41, 5.74) is -0.892. The summed E-state index contributed by atoms with van der Waals surface area (Å²) in [7, 11) is 0. The highest BCUT2D eigenvalue weighted by molar-refractivity contribution is 5.60. The van der Waals surface area contributed by atoms with Crippen molar-refractivity contribution in [2.45, 2.75) is 6.85 Å². The first-order valence-electron chi connectivity index (χ1n) is 6.01. The fraction of sp³-hybridized carbons (Fsp3) is 0.0833. The lowest BCUT2D eigenvalue weighted by Crippen LogP contribution is -1.99. The molecule has 1 aromatic carbocycles. The van der Waals surface area contributed by atoms with Crippen LogP contribution in [0.2, 0.25) is 0 Å². The molecule has 5 heteroatoms. The van der Waals surface area contributed by atoms with E-state index in [4.69, 9.17) is 4.11 Å². The van der Waals surface area contributed by atoms with Crippen molar-refractivity contribution < 1.29 is 21.7 Å². The molecular weight excluding hydrogens is 234 g/mol. The molecule has 17 heavy (non-hydrogen) atoms. The molecule has 0 aliphatic carbocycles. The second-order valence-electron chi connectivity index (χ2n) is 3.28. The highest BCUT2D eigenvalue weighted by Crippen LogP contribution is 2.26. The van der Waals surface area contributed by atoms with Gasteiger partial charge in [-0.25, -0.2) is 17.6 Å². The molecule has 1 aromatic heterocycles. The van der Waals surface area contributed by atoms with E-state index in [1.54, 1.807) is 0 Å². The van der Waals surface area contributed by atoms with Gasteiger partial charge < -0.3 is 0 Å². The number of pyridine rings is 1. The molecule has 2 rings (SSSR count). The molecule has 0 atom stereocenters. The molecule has 0 amide bonds. The third-order valence-electron chi connectivity index (χ3n) is 2.14. The Labute approximate surface area is 99.0 Å². The number of hydrogen-bond acceptors (Lipinski definition) is 1. The van der Waals surface area contributed by atoms with E-state index in [-0.39, 0.29) is 11.3 Å². The number of halogens is 4. The van der Waals surface area contributed by atoms with E-state index in [0.29, 0.717) is 6.07 Å². The van der Waals surface area contributed by atoms with E-state index < -0.39 is 35.7 Å². The number of nitrogens with zero attached hydrogens (tertiary/aromatic N) is 1. The van der Waals surface area contributed by atoms with E-state index in [0.717, 1.165) is 18.3 Å². The fourth-order valence-electron chi connectivity index (χ4n) is 1.31. The molecule has 88 valence electrons. The van der Waals surface area contributed by atoms with Gasteiger partial charge in [-0.1, -0.05) is 6.07 Å². The maximum atomic E-state index is 13.5. The van der Waals surface area contributed by atoms with E-state index >= 15 is 0 Å². The predicted octanol–water partition coefficient (Wildman–Crippen LogP) is 3.61. The molecule has 1 heterocycles. The van der Waals surface area contributed by atoms with Crippen LogP contribution in [0.5, 0.6) is 0 Å². The van der Waals surface area contributed by atoms with Gasteiger partial charge in [0.1, 0.15) is 0 Å². The summed E-state index contributed by atoms with van der Waals surface area (Å²) in [6, 6.07) is 2.69. The van der Waals surface area contributed by atoms with Crippen molar-refractivity contribution in [1.82, 2.24) is 4.98 Å². The monoisotopic (exact) mass is 244 g/mol. The lowest BCUT2D eigenvalue weighted by molar-refractivity contribution is 0.410. The van der Waals surface area contributed by atoms with Gasteiger partial charge in [-0.2, -0.15) is 0 Å². The zero-order chi connectivity index (χ0) is 15.1. The second kappa shape index (κ2) is 4.16. The van der Waals surface area contributed by atoms with Crippen LogP contribution in [0.15, 0.2) is 24.4 Å². The largest absolute Gasteiger partial charge is 0.256 e. The number of hydrogen-bond donors (Lipinski definition) is 0. The van der Waals surface area contributed by atoms with Crippen molar-refractivity contribution >= 4 is 0 Å². The van der Waals surface area contributed by atoms with Gasteiger partial charge in [0.25, 0.3) is 0 Å². The van der Waals surface area contributed by atoms with Gasteiger partial charge in [0.15, 0.2) is 23.3 Å². The summed E-state index contributed by atoms with van der Waals surface area (Å²) < 4.78 is 73.9. The Morgan fingerprint density at radius 1 is 1.06 bits per heavy atom. The Hall–Kier alpha value is -1.91. The molecule has 0 N–H and O–H groups in total. The van der Waals surface area contributed by atoms with Crippen LogP contribution in [0.25, 0.3) is 11.3 Å². The number of aryl methyl sites for hydroxylation is 1. The minimum absolute atomic E-state index is 0.107. The van der Waals surface area contributed by atoms with Gasteiger partial charge in [0, 0.05) is 15.9 Å². The van der Waals surface area contributed by atoms with E-state index in [2.05, 4.69) is 4.98 Å². The maximum absolute atomic E-state index is 13.5. The normalized spacial score (nSPS) is 14.0. The van der Waals surface area contributed by atoms with Gasteiger partial charge in [-0.05, 0) is 24.5 Å². The second-order valence-corrected chi connectivity index (χ2v) is 3.28. The first kappa shape index (κ1) is 8.22. The molecule has 1 nitrogen and oxygen atoms in total. The zero-order valence-electron chi connectivity index (χ0n) is 11.3. The Morgan fingerprint density at radius 2 is 1.82 bits per heavy atom. The summed E-state index contributed by atoms with van der Waals surface area (Å²) in [5, 5.41) is 0. The van der Waals surface area contributed by atoms with Crippen molar-refractivity contribution in [3.05, 3.63) is 53.2 Å². The van der Waals surface area contributed by atoms with Crippen molar-refractivity contribution in [3.8, 4) is 11.3 Å². The average molecular weight is 244 g/mol. The third kappa shape index (κ3) is 2.00. The highest BCUT2D eigenvalue weighted by Gasteiger charge is 2.20. The molecule has 0 radical (unpaired) electrons. The molecule has 0 aliphatic rings. The first-order valence-corrected chi connectivity index (χ1v) is 4.51. The van der Waals surface area contributed by atoms with Crippen molar-refractivity contribution in [2.75, 3.05) is 0 Å². The highest BCUT2D eigenvalue weighted by atomic mass is 19.2. The SMILES string of the molecule is [2H]C([2H])([2H])c1ccc(-c2cc(F)c(F)c(F)c2F)nc1. The number of benzene rings is 1. The van der Waals surface area contributed by atoms with Crippen LogP contribution in [0.3, 0.4) is 0 Å². The standard InChI is InChI=1S/C12H7F4N/c1-6-2-3-9(17-5-6)7-4-8(13)11(15)12(16)10(7)14/h2-5H,1H3/i1D3. The molecule has 0 unspecified atom stereocenters. The lowest BCUT2D eigenvalue weighted by atomic mass is 10.1. The Morgan fingerprint density at radius 3 is 2.41 bits per heavy atom. The minimum atomic E-state index is -2.40. The van der Waals surface area contributed by atoms with E-state index in [1.807, 2.05) is 0 Å². The molecular formula is C12H7F4N. The van der Waals surface area contributed by atoms with Crippen molar-refractivity contribution in [1.29, 1.82) is 0 Å². The van der Waals surface area contributed by atoms with Crippen LogP contribution in [0.4, 0.5) is 17.6 Å². The molecule has 0 saturated heterocycles. The predicted molar refractivity (Wildman–Crippen MR) is 54.2 cm³/mol. The molecule has 0 aliphatic heterocycles. The minimum Gasteiger partial charge on any atom is -0.256 e. The van der Waals surface area contributed by atoms with Crippen LogP contribution < -0.4 is 0 Å². The van der Waals surface area contributed by atoms with Gasteiger partial charge in [-0.3, -0.25) is 4.98 Å². The smallest absolute Gasteiger partial charge is 0.198 e. The quantitative estimate of drug-likeness (QED) is 0.424. The van der Waals surface area contributed by atoms with Crippen molar-refractivity contribution in [3.63, 3.8) is 0 Å². The van der Waals surface area contributed by atoms with Gasteiger partial charge >= 0.3 is 0 Å². The van der Waals surface area contributed by atoms with Crippen LogP contribution in [-0.2, 0) is 0 Å². The maximum Gasteiger partial charge on any atom is 0.198 e. The molecule has 0 saturated carbocycles. The summed E-state index contributed by atoms with van der Waals surface area (Å²) in [6.45, 7) is -2.40. The number of rotatable bonds is 1. The van der Waals surface area contributed by atoms with Gasteiger partial charge in [-0.15, -0.1) is 0 Å². The van der Waals surface area contributed by atoms with Gasteiger partial charge in [0.2, 0.25) is 0 Å². The topological polar surface area (TPSA) is 12.9 Å². The van der Waals surface area contributed by atoms with Gasteiger partial charge in [0.05, 0.1) is 5.69 Å². The van der Waals surface area contributed by atoms with E-state index in [9.17, 15) is 17.6 Å². The molecule has 0 bridgehead atoms.